The monoisotopic (exact) mass is 374 g/mol. The second-order valence-corrected chi connectivity index (χ2v) is 8.72. The van der Waals surface area contributed by atoms with Gasteiger partial charge in [0.15, 0.2) is 0 Å². The van der Waals surface area contributed by atoms with E-state index in [0.717, 1.165) is 19.3 Å². The van der Waals surface area contributed by atoms with Crippen LogP contribution in [0.5, 0.6) is 0 Å². The molecule has 1 atom stereocenters. The summed E-state index contributed by atoms with van der Waals surface area (Å²) < 4.78 is 8.58. The minimum Gasteiger partial charge on any atom is -0.461 e. The number of alkyl halides is 3. The SMILES string of the molecule is CCCCC[C@H](CC(=O)OC(C)(C)C)C(=O)OCC(Cl)(Cl)Cl. The Morgan fingerprint density at radius 1 is 1.09 bits per heavy atom. The lowest BCUT2D eigenvalue weighted by Crippen LogP contribution is -2.29. The molecule has 0 saturated heterocycles. The van der Waals surface area contributed by atoms with Gasteiger partial charge in [0.2, 0.25) is 3.79 Å². The number of rotatable bonds is 8. The Kier molecular flexibility index (Phi) is 9.75. The van der Waals surface area contributed by atoms with Gasteiger partial charge in [-0.3, -0.25) is 9.59 Å². The van der Waals surface area contributed by atoms with Gasteiger partial charge in [0.25, 0.3) is 0 Å². The van der Waals surface area contributed by atoms with Gasteiger partial charge < -0.3 is 9.47 Å². The number of hydrogen-bond donors (Lipinski definition) is 0. The predicted octanol–water partition coefficient (Wildman–Crippen LogP) is 4.83. The summed E-state index contributed by atoms with van der Waals surface area (Å²) in [6.07, 6.45) is 3.34. The van der Waals surface area contributed by atoms with Crippen LogP contribution in [0, 0.1) is 5.92 Å². The summed E-state index contributed by atoms with van der Waals surface area (Å²) >= 11 is 16.7. The summed E-state index contributed by atoms with van der Waals surface area (Å²) in [5.41, 5.74) is -0.591. The van der Waals surface area contributed by atoms with Crippen LogP contribution in [-0.4, -0.2) is 27.9 Å². The standard InChI is InChI=1S/C15H25Cl3O4/c1-5-6-7-8-11(9-12(19)22-14(2,3)4)13(20)21-10-15(16,17)18/h11H,5-10H2,1-4H3/t11-/m1/s1. The van der Waals surface area contributed by atoms with Gasteiger partial charge >= 0.3 is 11.9 Å². The molecule has 0 radical (unpaired) electrons. The van der Waals surface area contributed by atoms with E-state index in [2.05, 4.69) is 6.92 Å². The molecule has 4 nitrogen and oxygen atoms in total. The molecule has 7 heteroatoms. The number of esters is 2. The first-order valence-corrected chi connectivity index (χ1v) is 8.53. The molecule has 0 aliphatic rings. The molecule has 130 valence electrons. The maximum Gasteiger partial charge on any atom is 0.309 e. The maximum absolute atomic E-state index is 12.1. The van der Waals surface area contributed by atoms with Crippen LogP contribution in [0.3, 0.4) is 0 Å². The van der Waals surface area contributed by atoms with Crippen molar-refractivity contribution in [3.8, 4) is 0 Å². The van der Waals surface area contributed by atoms with Crippen LogP contribution < -0.4 is 0 Å². The van der Waals surface area contributed by atoms with Gasteiger partial charge in [0.1, 0.15) is 12.2 Å². The van der Waals surface area contributed by atoms with Crippen LogP contribution >= 0.6 is 34.8 Å². The maximum atomic E-state index is 12.1. The molecule has 0 saturated carbocycles. The molecule has 0 aromatic carbocycles. The Hall–Kier alpha value is -0.190. The van der Waals surface area contributed by atoms with Gasteiger partial charge in [-0.05, 0) is 27.2 Å². The topological polar surface area (TPSA) is 52.6 Å². The van der Waals surface area contributed by atoms with Crippen LogP contribution in [0.25, 0.3) is 0 Å². The van der Waals surface area contributed by atoms with Crippen molar-refractivity contribution in [1.82, 2.24) is 0 Å². The lowest BCUT2D eigenvalue weighted by molar-refractivity contribution is -0.161. The third-order valence-electron chi connectivity index (χ3n) is 2.70. The quantitative estimate of drug-likeness (QED) is 0.346. The summed E-state index contributed by atoms with van der Waals surface area (Å²) in [5, 5.41) is 0. The first kappa shape index (κ1) is 21.8. The van der Waals surface area contributed by atoms with Gasteiger partial charge in [0.05, 0.1) is 12.3 Å². The summed E-state index contributed by atoms with van der Waals surface area (Å²) in [7, 11) is 0. The van der Waals surface area contributed by atoms with Crippen molar-refractivity contribution in [2.24, 2.45) is 5.92 Å². The van der Waals surface area contributed by atoms with Crippen LogP contribution in [0.15, 0.2) is 0 Å². The largest absolute Gasteiger partial charge is 0.461 e. The third kappa shape index (κ3) is 12.4. The first-order chi connectivity index (χ1) is 9.94. The zero-order valence-corrected chi connectivity index (χ0v) is 15.9. The van der Waals surface area contributed by atoms with Gasteiger partial charge in [-0.15, -0.1) is 0 Å². The van der Waals surface area contributed by atoms with E-state index in [1.54, 1.807) is 20.8 Å². The van der Waals surface area contributed by atoms with Crippen LogP contribution in [0.1, 0.15) is 59.8 Å². The van der Waals surface area contributed by atoms with E-state index in [1.165, 1.54) is 0 Å². The number of unbranched alkanes of at least 4 members (excludes halogenated alkanes) is 2. The van der Waals surface area contributed by atoms with Crippen molar-refractivity contribution in [3.63, 3.8) is 0 Å². The van der Waals surface area contributed by atoms with Crippen molar-refractivity contribution in [1.29, 1.82) is 0 Å². The zero-order chi connectivity index (χ0) is 17.4. The van der Waals surface area contributed by atoms with Crippen molar-refractivity contribution >= 4 is 46.7 Å². The summed E-state index contributed by atoms with van der Waals surface area (Å²) in [5.74, 6) is -1.54. The fourth-order valence-electron chi connectivity index (χ4n) is 1.80. The molecule has 0 rings (SSSR count). The molecular formula is C15H25Cl3O4. The van der Waals surface area contributed by atoms with E-state index in [9.17, 15) is 9.59 Å². The molecule has 22 heavy (non-hydrogen) atoms. The minimum atomic E-state index is -1.66. The van der Waals surface area contributed by atoms with Gasteiger partial charge in [-0.2, -0.15) is 0 Å². The molecule has 0 amide bonds. The fourth-order valence-corrected chi connectivity index (χ4v) is 1.96. The molecule has 0 unspecified atom stereocenters. The normalized spacial score (nSPS) is 13.6. The number of carbonyl (C=O) groups is 2. The van der Waals surface area contributed by atoms with E-state index in [0.29, 0.717) is 6.42 Å². The highest BCUT2D eigenvalue weighted by atomic mass is 35.6. The molecule has 0 spiro atoms. The second-order valence-electron chi connectivity index (χ2n) is 6.21. The number of halogens is 3. The van der Waals surface area contributed by atoms with Gasteiger partial charge in [-0.25, -0.2) is 0 Å². The molecular weight excluding hydrogens is 351 g/mol. The zero-order valence-electron chi connectivity index (χ0n) is 13.6. The summed E-state index contributed by atoms with van der Waals surface area (Å²) in [6.45, 7) is 7.05. The number of ether oxygens (including phenoxy) is 2. The molecule has 0 aromatic rings. The Morgan fingerprint density at radius 3 is 2.14 bits per heavy atom. The lowest BCUT2D eigenvalue weighted by Gasteiger charge is -2.22. The van der Waals surface area contributed by atoms with Crippen molar-refractivity contribution in [2.45, 2.75) is 69.2 Å². The van der Waals surface area contributed by atoms with Crippen molar-refractivity contribution < 1.29 is 19.1 Å². The average Bonchev–Trinajstić information content (AvgIpc) is 2.31. The van der Waals surface area contributed by atoms with Gasteiger partial charge in [-0.1, -0.05) is 61.0 Å². The highest BCUT2D eigenvalue weighted by Gasteiger charge is 2.29. The highest BCUT2D eigenvalue weighted by Crippen LogP contribution is 2.27. The smallest absolute Gasteiger partial charge is 0.309 e. The van der Waals surface area contributed by atoms with Crippen LogP contribution in [0.2, 0.25) is 0 Å². The fraction of sp³-hybridized carbons (Fsp3) is 0.867. The Bertz CT molecular complexity index is 359. The molecule has 0 N–H and O–H groups in total. The van der Waals surface area contributed by atoms with E-state index >= 15 is 0 Å². The van der Waals surface area contributed by atoms with Crippen LogP contribution in [-0.2, 0) is 19.1 Å². The lowest BCUT2D eigenvalue weighted by atomic mass is 9.98. The predicted molar refractivity (Wildman–Crippen MR) is 89.3 cm³/mol. The third-order valence-corrected chi connectivity index (χ3v) is 3.03. The van der Waals surface area contributed by atoms with Crippen LogP contribution in [0.4, 0.5) is 0 Å². The Balaban J connectivity index is 4.60. The second kappa shape index (κ2) is 9.84. The Labute approximate surface area is 147 Å². The van der Waals surface area contributed by atoms with E-state index in [-0.39, 0.29) is 13.0 Å². The van der Waals surface area contributed by atoms with Crippen molar-refractivity contribution in [3.05, 3.63) is 0 Å². The Morgan fingerprint density at radius 2 is 1.68 bits per heavy atom. The molecule has 0 heterocycles. The molecule has 0 fully saturated rings. The minimum absolute atomic E-state index is 0.0281. The summed E-state index contributed by atoms with van der Waals surface area (Å²) in [6, 6.07) is 0. The molecule has 0 aliphatic carbocycles. The first-order valence-electron chi connectivity index (χ1n) is 7.40. The van der Waals surface area contributed by atoms with Crippen molar-refractivity contribution in [2.75, 3.05) is 6.61 Å². The summed E-state index contributed by atoms with van der Waals surface area (Å²) in [4.78, 5) is 24.0. The van der Waals surface area contributed by atoms with Gasteiger partial charge in [0, 0.05) is 0 Å². The average molecular weight is 376 g/mol. The number of hydrogen-bond acceptors (Lipinski definition) is 4. The molecule has 0 bridgehead atoms. The van der Waals surface area contributed by atoms with E-state index < -0.39 is 27.3 Å². The molecule has 0 aliphatic heterocycles. The highest BCUT2D eigenvalue weighted by molar-refractivity contribution is 6.67. The molecule has 0 aromatic heterocycles. The van der Waals surface area contributed by atoms with E-state index in [1.807, 2.05) is 0 Å². The van der Waals surface area contributed by atoms with E-state index in [4.69, 9.17) is 44.3 Å². The number of carbonyl (C=O) groups excluding carboxylic acids is 2.